The fourth-order valence-electron chi connectivity index (χ4n) is 3.27. The lowest BCUT2D eigenvalue weighted by molar-refractivity contribution is -0.929. The maximum atomic E-state index is 12.0. The zero-order valence-corrected chi connectivity index (χ0v) is 17.5. The zero-order chi connectivity index (χ0) is 21.3. The number of nitrogens with zero attached hydrogens (tertiary/aromatic N) is 2. The van der Waals surface area contributed by atoms with Crippen LogP contribution in [0.3, 0.4) is 0 Å². The van der Waals surface area contributed by atoms with Crippen LogP contribution in [0, 0.1) is 0 Å². The minimum Gasteiger partial charge on any atom is -0.391 e. The summed E-state index contributed by atoms with van der Waals surface area (Å²) < 4.78 is 22.9. The highest BCUT2D eigenvalue weighted by Crippen LogP contribution is 2.24. The minimum absolute atomic E-state index is 0.0686. The van der Waals surface area contributed by atoms with Gasteiger partial charge in [0.15, 0.2) is 13.2 Å². The molecule has 0 bridgehead atoms. The topological polar surface area (TPSA) is 157 Å². The molecule has 0 atom stereocenters. The first kappa shape index (κ1) is 27.7. The maximum absolute atomic E-state index is 12.0. The molecule has 0 aliphatic rings. The number of rotatable bonds is 20. The van der Waals surface area contributed by atoms with Crippen LogP contribution in [0.1, 0.15) is 0 Å². The molecule has 0 aromatic rings. The van der Waals surface area contributed by atoms with E-state index in [0.29, 0.717) is 52.4 Å². The van der Waals surface area contributed by atoms with Crippen molar-refractivity contribution in [3.63, 3.8) is 0 Å². The Morgan fingerprint density at radius 2 is 0.750 bits per heavy atom. The van der Waals surface area contributed by atoms with Crippen LogP contribution in [-0.2, 0) is 13.6 Å². The average molecular weight is 433 g/mol. The van der Waals surface area contributed by atoms with E-state index in [-0.39, 0.29) is 61.8 Å². The first-order valence-corrected chi connectivity index (χ1v) is 10.6. The molecule has 0 heterocycles. The summed E-state index contributed by atoms with van der Waals surface area (Å²) in [4.78, 5) is 0. The number of aliphatic hydroxyl groups excluding tert-OH is 6. The van der Waals surface area contributed by atoms with E-state index in [2.05, 4.69) is 0 Å². The van der Waals surface area contributed by atoms with Crippen molar-refractivity contribution in [2.45, 2.75) is 0 Å². The van der Waals surface area contributed by atoms with Crippen LogP contribution in [0.2, 0.25) is 0 Å². The fourth-order valence-corrected chi connectivity index (χ4v) is 3.81. The predicted molar refractivity (Wildman–Crippen MR) is 101 cm³/mol. The van der Waals surface area contributed by atoms with Crippen molar-refractivity contribution in [2.75, 3.05) is 105 Å². The lowest BCUT2D eigenvalue weighted by Crippen LogP contribution is -2.55. The molecule has 0 saturated heterocycles. The lowest BCUT2D eigenvalue weighted by atomic mass is 10.3. The Balaban J connectivity index is 4.48. The van der Waals surface area contributed by atoms with Gasteiger partial charge in [0, 0.05) is 4.57 Å². The molecule has 0 spiro atoms. The van der Waals surface area contributed by atoms with Gasteiger partial charge in [-0.15, -0.1) is 9.05 Å². The molecule has 0 unspecified atom stereocenters. The fraction of sp³-hybridized carbons (Fsp3) is 1.00. The molecule has 0 amide bonds. The van der Waals surface area contributed by atoms with Gasteiger partial charge >= 0.3 is 8.25 Å². The molecule has 0 rings (SSSR count). The van der Waals surface area contributed by atoms with Gasteiger partial charge in [-0.05, 0) is 0 Å². The normalized spacial score (nSPS) is 12.5. The van der Waals surface area contributed by atoms with Crippen molar-refractivity contribution in [1.29, 1.82) is 0 Å². The van der Waals surface area contributed by atoms with E-state index < -0.39 is 8.25 Å². The third-order valence-electron chi connectivity index (χ3n) is 4.97. The van der Waals surface area contributed by atoms with E-state index in [1.54, 1.807) is 0 Å². The van der Waals surface area contributed by atoms with Crippen LogP contribution >= 0.6 is 8.25 Å². The summed E-state index contributed by atoms with van der Waals surface area (Å²) in [6.07, 6.45) is 0. The summed E-state index contributed by atoms with van der Waals surface area (Å²) in [6.45, 7) is 2.23. The monoisotopic (exact) mass is 433 g/mol. The molecule has 0 aliphatic carbocycles. The molecule has 0 fully saturated rings. The average Bonchev–Trinajstić information content (AvgIpc) is 2.63. The molecule has 0 aliphatic heterocycles. The van der Waals surface area contributed by atoms with Crippen molar-refractivity contribution >= 4 is 8.25 Å². The summed E-state index contributed by atoms with van der Waals surface area (Å²) in [5.41, 5.74) is 0. The highest BCUT2D eigenvalue weighted by Gasteiger charge is 2.31. The molecule has 0 saturated carbocycles. The van der Waals surface area contributed by atoms with E-state index in [0.717, 1.165) is 0 Å². The Hall–Kier alpha value is -0.300. The van der Waals surface area contributed by atoms with Crippen molar-refractivity contribution in [3.05, 3.63) is 0 Å². The molecule has 0 aromatic carbocycles. The number of hydrogen-bond acceptors (Lipinski definition) is 9. The van der Waals surface area contributed by atoms with E-state index in [4.69, 9.17) is 9.05 Å². The van der Waals surface area contributed by atoms with Crippen molar-refractivity contribution in [1.82, 2.24) is 0 Å². The Morgan fingerprint density at radius 3 is 0.964 bits per heavy atom. The summed E-state index contributed by atoms with van der Waals surface area (Å²) in [5.74, 6) is 0. The van der Waals surface area contributed by atoms with Crippen molar-refractivity contribution < 1.29 is 53.2 Å². The van der Waals surface area contributed by atoms with E-state index in [1.807, 2.05) is 0 Å². The quantitative estimate of drug-likeness (QED) is 0.0886. The first-order valence-electron chi connectivity index (χ1n) is 9.55. The van der Waals surface area contributed by atoms with Crippen molar-refractivity contribution in [2.24, 2.45) is 0 Å². The van der Waals surface area contributed by atoms with Gasteiger partial charge < -0.3 is 39.6 Å². The van der Waals surface area contributed by atoms with Crippen LogP contribution in [-0.4, -0.2) is 145 Å². The van der Waals surface area contributed by atoms with Crippen molar-refractivity contribution in [3.8, 4) is 0 Å². The number of hydrogen-bond donors (Lipinski definition) is 6. The van der Waals surface area contributed by atoms with Gasteiger partial charge in [-0.3, -0.25) is 0 Å². The third-order valence-corrected chi connectivity index (χ3v) is 5.76. The van der Waals surface area contributed by atoms with Gasteiger partial charge in [-0.1, -0.05) is 0 Å². The van der Waals surface area contributed by atoms with E-state index >= 15 is 0 Å². The van der Waals surface area contributed by atoms with E-state index in [1.165, 1.54) is 0 Å². The Kier molecular flexibility index (Phi) is 16.3. The summed E-state index contributed by atoms with van der Waals surface area (Å²) in [6, 6.07) is 0. The molecule has 0 radical (unpaired) electrons. The lowest BCUT2D eigenvalue weighted by Gasteiger charge is -2.36. The second kappa shape index (κ2) is 16.5. The predicted octanol–water partition coefficient (Wildman–Crippen LogP) is -2.74. The smallest absolute Gasteiger partial charge is 0.391 e. The van der Waals surface area contributed by atoms with Gasteiger partial charge in [-0.25, -0.2) is 0 Å². The first-order chi connectivity index (χ1) is 13.5. The van der Waals surface area contributed by atoms with Crippen LogP contribution in [0.5, 0.6) is 0 Å². The van der Waals surface area contributed by atoms with Gasteiger partial charge in [-0.2, -0.15) is 0 Å². The second-order valence-corrected chi connectivity index (χ2v) is 7.67. The van der Waals surface area contributed by atoms with Gasteiger partial charge in [0.25, 0.3) is 0 Å². The Bertz CT molecular complexity index is 336. The highest BCUT2D eigenvalue weighted by molar-refractivity contribution is 7.33. The third kappa shape index (κ3) is 11.0. The molecule has 28 heavy (non-hydrogen) atoms. The molecule has 6 N–H and O–H groups in total. The SMILES string of the molecule is O=[P+](OCC[N+](CCO)(CCO)CCO)OCC[N+](CCO)(CCO)CCO. The summed E-state index contributed by atoms with van der Waals surface area (Å²) in [5, 5.41) is 55.4. The zero-order valence-electron chi connectivity index (χ0n) is 16.6. The van der Waals surface area contributed by atoms with Gasteiger partial charge in [0.1, 0.15) is 52.4 Å². The Morgan fingerprint density at radius 1 is 0.500 bits per heavy atom. The molecule has 0 aromatic heterocycles. The molecular weight excluding hydrogens is 395 g/mol. The largest absolute Gasteiger partial charge is 0.697 e. The molecule has 168 valence electrons. The number of quaternary nitrogens is 2. The molecular formula is C16H38N2O9P+3. The Labute approximate surface area is 167 Å². The molecule has 11 nitrogen and oxygen atoms in total. The minimum atomic E-state index is -2.39. The van der Waals surface area contributed by atoms with Crippen LogP contribution < -0.4 is 0 Å². The van der Waals surface area contributed by atoms with Crippen LogP contribution in [0.15, 0.2) is 0 Å². The molecule has 12 heteroatoms. The van der Waals surface area contributed by atoms with E-state index in [9.17, 15) is 35.2 Å². The van der Waals surface area contributed by atoms with Gasteiger partial charge in [0.2, 0.25) is 0 Å². The standard InChI is InChI=1S/C16H38N2O9P/c19-9-1-17(2-10-20,3-11-21)7-15-26-28(25)27-16-8-18(4-12-22,5-13-23)6-14-24/h19-24H,1-16H2/q+3. The highest BCUT2D eigenvalue weighted by atomic mass is 31.1. The number of aliphatic hydroxyl groups is 6. The second-order valence-electron chi connectivity index (χ2n) is 6.70. The summed E-state index contributed by atoms with van der Waals surface area (Å²) >= 11 is 0. The van der Waals surface area contributed by atoms with Crippen LogP contribution in [0.4, 0.5) is 0 Å². The maximum Gasteiger partial charge on any atom is 0.697 e. The van der Waals surface area contributed by atoms with Gasteiger partial charge in [0.05, 0.1) is 39.6 Å². The van der Waals surface area contributed by atoms with Crippen LogP contribution in [0.25, 0.3) is 0 Å². The summed E-state index contributed by atoms with van der Waals surface area (Å²) in [7, 11) is -2.39.